The van der Waals surface area contributed by atoms with Gasteiger partial charge in [-0.05, 0) is 55.5 Å². The number of nitrogens with zero attached hydrogens (tertiary/aromatic N) is 2. The zero-order chi connectivity index (χ0) is 14.1. The molecule has 0 N–H and O–H groups in total. The summed E-state index contributed by atoms with van der Waals surface area (Å²) < 4.78 is 5.30. The molecule has 1 atom stereocenters. The van der Waals surface area contributed by atoms with E-state index < -0.39 is 0 Å². The second kappa shape index (κ2) is 5.31. The smallest absolute Gasteiger partial charge is 0.129 e. The third-order valence-electron chi connectivity index (χ3n) is 4.19. The van der Waals surface area contributed by atoms with Crippen LogP contribution in [0, 0.1) is 12.8 Å². The maximum atomic E-state index is 5.30. The van der Waals surface area contributed by atoms with Crippen LogP contribution in [0.5, 0.6) is 5.75 Å². The van der Waals surface area contributed by atoms with E-state index in [-0.39, 0.29) is 0 Å². The van der Waals surface area contributed by atoms with Gasteiger partial charge < -0.3 is 9.64 Å². The van der Waals surface area contributed by atoms with E-state index in [1.807, 2.05) is 6.07 Å². The van der Waals surface area contributed by atoms with E-state index in [0.29, 0.717) is 0 Å². The predicted molar refractivity (Wildman–Crippen MR) is 83.6 cm³/mol. The summed E-state index contributed by atoms with van der Waals surface area (Å²) in [5.41, 5.74) is 2.32. The third kappa shape index (κ3) is 2.45. The molecule has 3 heteroatoms. The largest absolute Gasteiger partial charge is 0.497 e. The lowest BCUT2D eigenvalue weighted by Crippen LogP contribution is -2.34. The van der Waals surface area contributed by atoms with E-state index in [1.165, 1.54) is 23.8 Å². The van der Waals surface area contributed by atoms with Crippen LogP contribution in [0.25, 0.3) is 10.9 Å². The summed E-state index contributed by atoms with van der Waals surface area (Å²) in [6, 6.07) is 8.31. The zero-order valence-corrected chi connectivity index (χ0v) is 12.5. The van der Waals surface area contributed by atoms with Gasteiger partial charge >= 0.3 is 0 Å². The van der Waals surface area contributed by atoms with Crippen LogP contribution in [0.15, 0.2) is 24.3 Å². The molecule has 3 nitrogen and oxygen atoms in total. The molecule has 1 saturated heterocycles. The van der Waals surface area contributed by atoms with E-state index >= 15 is 0 Å². The zero-order valence-electron chi connectivity index (χ0n) is 12.5. The Morgan fingerprint density at radius 2 is 2.15 bits per heavy atom. The number of rotatable bonds is 2. The van der Waals surface area contributed by atoms with E-state index in [9.17, 15) is 0 Å². The van der Waals surface area contributed by atoms with Crippen molar-refractivity contribution in [2.75, 3.05) is 25.1 Å². The highest BCUT2D eigenvalue weighted by Gasteiger charge is 2.18. The SMILES string of the molecule is COc1ccc2nc(N3CCC[C@H](C)C3)cc(C)c2c1. The van der Waals surface area contributed by atoms with E-state index in [4.69, 9.17) is 9.72 Å². The average Bonchev–Trinajstić information content (AvgIpc) is 2.47. The molecule has 1 fully saturated rings. The van der Waals surface area contributed by atoms with E-state index in [2.05, 4.69) is 36.9 Å². The van der Waals surface area contributed by atoms with Crippen LogP contribution in [0.1, 0.15) is 25.3 Å². The van der Waals surface area contributed by atoms with Gasteiger partial charge in [0.25, 0.3) is 0 Å². The molecular formula is C17H22N2O. The Labute approximate surface area is 120 Å². The van der Waals surface area contributed by atoms with Crippen molar-refractivity contribution in [1.82, 2.24) is 4.98 Å². The Bertz CT molecular complexity index is 624. The van der Waals surface area contributed by atoms with Crippen molar-refractivity contribution in [2.45, 2.75) is 26.7 Å². The van der Waals surface area contributed by atoms with E-state index in [1.54, 1.807) is 7.11 Å². The molecule has 0 aliphatic carbocycles. The van der Waals surface area contributed by atoms with Gasteiger partial charge in [0.05, 0.1) is 12.6 Å². The minimum Gasteiger partial charge on any atom is -0.497 e. The summed E-state index contributed by atoms with van der Waals surface area (Å²) in [4.78, 5) is 7.26. The molecule has 2 aromatic rings. The second-order valence-electron chi connectivity index (χ2n) is 5.87. The first-order chi connectivity index (χ1) is 9.67. The number of benzene rings is 1. The number of fused-ring (bicyclic) bond motifs is 1. The second-order valence-corrected chi connectivity index (χ2v) is 5.87. The first-order valence-electron chi connectivity index (χ1n) is 7.37. The lowest BCUT2D eigenvalue weighted by molar-refractivity contribution is 0.415. The maximum Gasteiger partial charge on any atom is 0.129 e. The first kappa shape index (κ1) is 13.2. The van der Waals surface area contributed by atoms with Gasteiger partial charge in [0.1, 0.15) is 11.6 Å². The van der Waals surface area contributed by atoms with Gasteiger partial charge in [-0.15, -0.1) is 0 Å². The summed E-state index contributed by atoms with van der Waals surface area (Å²) in [5, 5.41) is 1.18. The van der Waals surface area contributed by atoms with Gasteiger partial charge in [0.2, 0.25) is 0 Å². The average molecular weight is 270 g/mol. The fourth-order valence-electron chi connectivity index (χ4n) is 3.04. The topological polar surface area (TPSA) is 25.4 Å². The lowest BCUT2D eigenvalue weighted by Gasteiger charge is -2.32. The highest BCUT2D eigenvalue weighted by molar-refractivity contribution is 5.85. The highest BCUT2D eigenvalue weighted by Crippen LogP contribution is 2.28. The Morgan fingerprint density at radius 1 is 1.30 bits per heavy atom. The molecule has 0 saturated carbocycles. The van der Waals surface area contributed by atoms with Gasteiger partial charge in [-0.2, -0.15) is 0 Å². The van der Waals surface area contributed by atoms with Gasteiger partial charge in [-0.25, -0.2) is 4.98 Å². The van der Waals surface area contributed by atoms with Crippen molar-refractivity contribution in [2.24, 2.45) is 5.92 Å². The molecule has 1 aromatic heterocycles. The number of hydrogen-bond donors (Lipinski definition) is 0. The van der Waals surface area contributed by atoms with Crippen molar-refractivity contribution >= 4 is 16.7 Å². The first-order valence-corrected chi connectivity index (χ1v) is 7.37. The van der Waals surface area contributed by atoms with Gasteiger partial charge in [0, 0.05) is 18.5 Å². The van der Waals surface area contributed by atoms with Crippen LogP contribution >= 0.6 is 0 Å². The Hall–Kier alpha value is -1.77. The molecule has 0 bridgehead atoms. The molecule has 106 valence electrons. The predicted octanol–water partition coefficient (Wildman–Crippen LogP) is 3.79. The molecule has 0 unspecified atom stereocenters. The molecule has 2 heterocycles. The summed E-state index contributed by atoms with van der Waals surface area (Å²) >= 11 is 0. The number of pyridine rings is 1. The normalized spacial score (nSPS) is 19.4. The highest BCUT2D eigenvalue weighted by atomic mass is 16.5. The van der Waals surface area contributed by atoms with Crippen LogP contribution in [0.2, 0.25) is 0 Å². The quantitative estimate of drug-likeness (QED) is 0.830. The summed E-state index contributed by atoms with van der Waals surface area (Å²) in [6.45, 7) is 6.72. The van der Waals surface area contributed by atoms with Crippen LogP contribution in [-0.2, 0) is 0 Å². The Balaban J connectivity index is 2.01. The molecule has 1 aromatic carbocycles. The fourth-order valence-corrected chi connectivity index (χ4v) is 3.04. The number of piperidine rings is 1. The minimum absolute atomic E-state index is 0.762. The molecule has 1 aliphatic rings. The van der Waals surface area contributed by atoms with Crippen molar-refractivity contribution in [3.63, 3.8) is 0 Å². The molecular weight excluding hydrogens is 248 g/mol. The van der Waals surface area contributed by atoms with Gasteiger partial charge in [0.15, 0.2) is 0 Å². The van der Waals surface area contributed by atoms with Gasteiger partial charge in [-0.1, -0.05) is 6.92 Å². The number of ether oxygens (including phenoxy) is 1. The molecule has 0 amide bonds. The van der Waals surface area contributed by atoms with Crippen molar-refractivity contribution in [3.05, 3.63) is 29.8 Å². The van der Waals surface area contributed by atoms with Crippen LogP contribution in [0.3, 0.4) is 0 Å². The molecule has 1 aliphatic heterocycles. The van der Waals surface area contributed by atoms with Crippen molar-refractivity contribution in [1.29, 1.82) is 0 Å². The minimum atomic E-state index is 0.762. The summed E-state index contributed by atoms with van der Waals surface area (Å²) in [7, 11) is 1.70. The third-order valence-corrected chi connectivity index (χ3v) is 4.19. The standard InChI is InChI=1S/C17H22N2O/c1-12-5-4-8-19(11-12)17-9-13(2)15-10-14(20-3)6-7-16(15)18-17/h6-7,9-10,12H,4-5,8,11H2,1-3H3/t12-/m0/s1. The van der Waals surface area contributed by atoms with Crippen LogP contribution < -0.4 is 9.64 Å². The number of aryl methyl sites for hydroxylation is 1. The lowest BCUT2D eigenvalue weighted by atomic mass is 10.00. The van der Waals surface area contributed by atoms with Crippen LogP contribution in [-0.4, -0.2) is 25.2 Å². The molecule has 0 radical (unpaired) electrons. The molecule has 20 heavy (non-hydrogen) atoms. The summed E-state index contributed by atoms with van der Waals surface area (Å²) in [5.74, 6) is 2.77. The van der Waals surface area contributed by atoms with E-state index in [0.717, 1.165) is 36.1 Å². The number of methoxy groups -OCH3 is 1. The fraction of sp³-hybridized carbons (Fsp3) is 0.471. The Kier molecular flexibility index (Phi) is 3.51. The van der Waals surface area contributed by atoms with Gasteiger partial charge in [-0.3, -0.25) is 0 Å². The Morgan fingerprint density at radius 3 is 2.90 bits per heavy atom. The molecule has 0 spiro atoms. The monoisotopic (exact) mass is 270 g/mol. The summed E-state index contributed by atoms with van der Waals surface area (Å²) in [6.07, 6.45) is 2.60. The van der Waals surface area contributed by atoms with Crippen molar-refractivity contribution < 1.29 is 4.74 Å². The molecule has 3 rings (SSSR count). The van der Waals surface area contributed by atoms with Crippen LogP contribution in [0.4, 0.5) is 5.82 Å². The number of anilines is 1. The number of hydrogen-bond acceptors (Lipinski definition) is 3. The van der Waals surface area contributed by atoms with Crippen molar-refractivity contribution in [3.8, 4) is 5.75 Å². The number of aromatic nitrogens is 1. The maximum absolute atomic E-state index is 5.30.